The topological polar surface area (TPSA) is 93.9 Å². The predicted molar refractivity (Wildman–Crippen MR) is 41.0 cm³/mol. The number of nitrogens with one attached hydrogen (secondary N) is 1. The van der Waals surface area contributed by atoms with Gasteiger partial charge in [0, 0.05) is 6.54 Å². The minimum Gasteiger partial charge on any atom is -0.448 e. The van der Waals surface area contributed by atoms with Crippen LogP contribution in [0.1, 0.15) is 6.42 Å². The van der Waals surface area contributed by atoms with Gasteiger partial charge in [-0.05, 0) is 0 Å². The number of nitrogens with two attached hydrogens (primary N) is 1. The van der Waals surface area contributed by atoms with Crippen LogP contribution in [0.25, 0.3) is 0 Å². The molecule has 7 nitrogen and oxygen atoms in total. The number of ether oxygens (including phenoxy) is 1. The van der Waals surface area contributed by atoms with Crippen molar-refractivity contribution in [3.05, 3.63) is 0 Å². The largest absolute Gasteiger partial charge is 0.448 e. The molecule has 0 saturated carbocycles. The van der Waals surface area contributed by atoms with E-state index in [9.17, 15) is 9.59 Å². The zero-order valence-electron chi connectivity index (χ0n) is 6.99. The van der Waals surface area contributed by atoms with E-state index in [2.05, 4.69) is 9.57 Å². The fraction of sp³-hybridized carbons (Fsp3) is 0.667. The third-order valence-corrected chi connectivity index (χ3v) is 1.60. The summed E-state index contributed by atoms with van der Waals surface area (Å²) >= 11 is 0. The standard InChI is InChI=1S/C6H11N3O4/c7-8-13-5(10)1-2-9-3-4-12-6(9)11/h8H,1-4,7H2. The van der Waals surface area contributed by atoms with E-state index in [1.54, 1.807) is 5.59 Å². The second-order valence-corrected chi connectivity index (χ2v) is 2.44. The Labute approximate surface area is 74.7 Å². The van der Waals surface area contributed by atoms with Gasteiger partial charge < -0.3 is 14.5 Å². The number of hydrogen-bond donors (Lipinski definition) is 2. The number of hydrazine groups is 1. The monoisotopic (exact) mass is 189 g/mol. The molecule has 1 aliphatic heterocycles. The van der Waals surface area contributed by atoms with Crippen LogP contribution in [-0.2, 0) is 14.4 Å². The molecule has 0 aromatic heterocycles. The third-order valence-electron chi connectivity index (χ3n) is 1.60. The van der Waals surface area contributed by atoms with Crippen LogP contribution in [-0.4, -0.2) is 36.7 Å². The first-order valence-electron chi connectivity index (χ1n) is 3.81. The van der Waals surface area contributed by atoms with Crippen molar-refractivity contribution < 1.29 is 19.2 Å². The average molecular weight is 189 g/mol. The van der Waals surface area contributed by atoms with E-state index in [0.717, 1.165) is 0 Å². The summed E-state index contributed by atoms with van der Waals surface area (Å²) in [5.41, 5.74) is 1.77. The number of carbonyl (C=O) groups is 2. The molecule has 0 aromatic carbocycles. The quantitative estimate of drug-likeness (QED) is 0.424. The molecule has 1 fully saturated rings. The molecular weight excluding hydrogens is 178 g/mol. The lowest BCUT2D eigenvalue weighted by Gasteiger charge is -2.10. The molecule has 0 unspecified atom stereocenters. The Balaban J connectivity index is 2.18. The lowest BCUT2D eigenvalue weighted by molar-refractivity contribution is -0.151. The van der Waals surface area contributed by atoms with E-state index < -0.39 is 12.1 Å². The summed E-state index contributed by atoms with van der Waals surface area (Å²) in [6.07, 6.45) is -0.298. The van der Waals surface area contributed by atoms with Crippen LogP contribution < -0.4 is 11.4 Å². The highest BCUT2D eigenvalue weighted by molar-refractivity contribution is 5.72. The highest BCUT2D eigenvalue weighted by Gasteiger charge is 2.22. The van der Waals surface area contributed by atoms with Crippen molar-refractivity contribution in [1.29, 1.82) is 0 Å². The Morgan fingerprint density at radius 1 is 1.77 bits per heavy atom. The predicted octanol–water partition coefficient (Wildman–Crippen LogP) is -1.25. The Morgan fingerprint density at radius 3 is 3.08 bits per heavy atom. The molecule has 0 aliphatic carbocycles. The SMILES string of the molecule is NNOC(=O)CCN1CCOC1=O. The van der Waals surface area contributed by atoms with Crippen LogP contribution in [0.5, 0.6) is 0 Å². The molecule has 0 atom stereocenters. The van der Waals surface area contributed by atoms with Crippen LogP contribution in [0.4, 0.5) is 4.79 Å². The van der Waals surface area contributed by atoms with Crippen molar-refractivity contribution >= 4 is 12.1 Å². The molecule has 0 spiro atoms. The van der Waals surface area contributed by atoms with Crippen molar-refractivity contribution in [2.75, 3.05) is 19.7 Å². The molecule has 0 aromatic rings. The van der Waals surface area contributed by atoms with E-state index in [1.165, 1.54) is 4.90 Å². The summed E-state index contributed by atoms with van der Waals surface area (Å²) in [5, 5.41) is 0. The Bertz CT molecular complexity index is 208. The maximum absolute atomic E-state index is 10.9. The van der Waals surface area contributed by atoms with Gasteiger partial charge in [-0.3, -0.25) is 4.79 Å². The minimum atomic E-state index is -0.512. The van der Waals surface area contributed by atoms with E-state index in [-0.39, 0.29) is 6.42 Å². The fourth-order valence-electron chi connectivity index (χ4n) is 0.972. The maximum atomic E-state index is 10.9. The normalized spacial score (nSPS) is 15.8. The van der Waals surface area contributed by atoms with E-state index in [0.29, 0.717) is 19.7 Å². The summed E-state index contributed by atoms with van der Waals surface area (Å²) in [4.78, 5) is 27.3. The molecule has 1 amide bonds. The number of rotatable bonds is 4. The molecule has 0 radical (unpaired) electrons. The van der Waals surface area contributed by atoms with E-state index in [4.69, 9.17) is 5.84 Å². The van der Waals surface area contributed by atoms with Crippen molar-refractivity contribution in [3.8, 4) is 0 Å². The lowest BCUT2D eigenvalue weighted by Crippen LogP contribution is -2.31. The highest BCUT2D eigenvalue weighted by atomic mass is 16.7. The highest BCUT2D eigenvalue weighted by Crippen LogP contribution is 2.03. The van der Waals surface area contributed by atoms with Gasteiger partial charge in [-0.25, -0.2) is 10.6 Å². The number of cyclic esters (lactones) is 1. The first-order valence-corrected chi connectivity index (χ1v) is 3.81. The Hall–Kier alpha value is -1.34. The molecule has 1 aliphatic rings. The number of hydrogen-bond acceptors (Lipinski definition) is 6. The fourth-order valence-corrected chi connectivity index (χ4v) is 0.972. The van der Waals surface area contributed by atoms with Crippen molar-refractivity contribution in [3.63, 3.8) is 0 Å². The summed E-state index contributed by atoms with van der Waals surface area (Å²) < 4.78 is 4.65. The Kier molecular flexibility index (Phi) is 3.47. The first-order chi connectivity index (χ1) is 6.24. The Morgan fingerprint density at radius 2 is 2.54 bits per heavy atom. The smallest absolute Gasteiger partial charge is 0.409 e. The third kappa shape index (κ3) is 2.88. The number of carbonyl (C=O) groups excluding carboxylic acids is 2. The molecule has 7 heteroatoms. The zero-order valence-corrected chi connectivity index (χ0v) is 6.99. The van der Waals surface area contributed by atoms with E-state index >= 15 is 0 Å². The van der Waals surface area contributed by atoms with Crippen molar-refractivity contribution in [2.24, 2.45) is 5.84 Å². The van der Waals surface area contributed by atoms with Gasteiger partial charge in [0.2, 0.25) is 0 Å². The average Bonchev–Trinajstić information content (AvgIpc) is 2.48. The van der Waals surface area contributed by atoms with Crippen LogP contribution in [0.3, 0.4) is 0 Å². The van der Waals surface area contributed by atoms with Gasteiger partial charge in [-0.2, -0.15) is 0 Å². The van der Waals surface area contributed by atoms with E-state index in [1.807, 2.05) is 0 Å². The van der Waals surface area contributed by atoms with Gasteiger partial charge in [0.15, 0.2) is 0 Å². The summed E-state index contributed by atoms with van der Waals surface area (Å²) in [6.45, 7) is 1.19. The van der Waals surface area contributed by atoms with Crippen molar-refractivity contribution in [2.45, 2.75) is 6.42 Å². The molecular formula is C6H11N3O4. The lowest BCUT2D eigenvalue weighted by atomic mass is 10.4. The molecule has 74 valence electrons. The van der Waals surface area contributed by atoms with Gasteiger partial charge in [-0.15, -0.1) is 0 Å². The molecule has 1 saturated heterocycles. The van der Waals surface area contributed by atoms with Gasteiger partial charge >= 0.3 is 12.1 Å². The molecule has 1 rings (SSSR count). The molecule has 3 N–H and O–H groups in total. The molecule has 13 heavy (non-hydrogen) atoms. The number of nitrogens with zero attached hydrogens (tertiary/aromatic N) is 1. The van der Waals surface area contributed by atoms with Crippen LogP contribution in [0.15, 0.2) is 0 Å². The van der Waals surface area contributed by atoms with Crippen LogP contribution >= 0.6 is 0 Å². The van der Waals surface area contributed by atoms with Gasteiger partial charge in [0.25, 0.3) is 0 Å². The summed E-state index contributed by atoms with van der Waals surface area (Å²) in [7, 11) is 0. The van der Waals surface area contributed by atoms with Crippen LogP contribution in [0, 0.1) is 0 Å². The van der Waals surface area contributed by atoms with Gasteiger partial charge in [0.1, 0.15) is 6.61 Å². The van der Waals surface area contributed by atoms with Gasteiger partial charge in [0.05, 0.1) is 13.0 Å². The van der Waals surface area contributed by atoms with Gasteiger partial charge in [-0.1, -0.05) is 5.59 Å². The zero-order chi connectivity index (χ0) is 9.68. The van der Waals surface area contributed by atoms with Crippen molar-refractivity contribution in [1.82, 2.24) is 10.5 Å². The summed E-state index contributed by atoms with van der Waals surface area (Å²) in [5.74, 6) is 4.23. The molecule has 0 bridgehead atoms. The minimum absolute atomic E-state index is 0.0965. The number of amides is 1. The maximum Gasteiger partial charge on any atom is 0.409 e. The second kappa shape index (κ2) is 4.63. The molecule has 1 heterocycles. The summed E-state index contributed by atoms with van der Waals surface area (Å²) in [6, 6.07) is 0. The van der Waals surface area contributed by atoms with Crippen LogP contribution in [0.2, 0.25) is 0 Å². The first kappa shape index (κ1) is 9.75. The second-order valence-electron chi connectivity index (χ2n) is 2.44.